The van der Waals surface area contributed by atoms with Crippen LogP contribution in [0.5, 0.6) is 23.0 Å². The number of anilines is 1. The minimum atomic E-state index is -0.653. The van der Waals surface area contributed by atoms with E-state index in [1.54, 1.807) is 48.5 Å². The first-order valence-electron chi connectivity index (χ1n) is 21.6. The normalized spacial score (nSPS) is 24.0. The third kappa shape index (κ3) is 7.81. The fourth-order valence-electron chi connectivity index (χ4n) is 10.00. The molecule has 2 aliphatic heterocycles. The van der Waals surface area contributed by atoms with Gasteiger partial charge in [0.1, 0.15) is 23.0 Å². The molecule has 2 heterocycles. The molecule has 7 unspecified atom stereocenters. The molecule has 11 nitrogen and oxygen atoms in total. The molecule has 0 N–H and O–H groups in total. The number of carbonyl (C=O) groups excluding carboxylic acids is 6. The molecule has 2 aliphatic carbocycles. The Bertz CT molecular complexity index is 2570. The van der Waals surface area contributed by atoms with Gasteiger partial charge in [-0.3, -0.25) is 38.6 Å². The predicted molar refractivity (Wildman–Crippen MR) is 233 cm³/mol. The molecule has 5 aromatic rings. The number of imide groups is 2. The van der Waals surface area contributed by atoms with E-state index in [2.05, 4.69) is 6.92 Å². The first-order valence-corrected chi connectivity index (χ1v) is 21.6. The molecule has 320 valence electrons. The summed E-state index contributed by atoms with van der Waals surface area (Å²) in [5.41, 5.74) is 3.83. The monoisotopic (exact) mass is 844 g/mol. The first kappa shape index (κ1) is 41.5. The maximum atomic E-state index is 13.7. The van der Waals surface area contributed by atoms with Crippen molar-refractivity contribution in [1.29, 1.82) is 0 Å². The minimum Gasteiger partial charge on any atom is -0.457 e. The molecule has 0 spiro atoms. The summed E-state index contributed by atoms with van der Waals surface area (Å²) in [5, 5.41) is 0. The summed E-state index contributed by atoms with van der Waals surface area (Å²) in [4.78, 5) is 81.6. The molecule has 0 aromatic heterocycles. The van der Waals surface area contributed by atoms with Crippen molar-refractivity contribution in [3.63, 3.8) is 0 Å². The van der Waals surface area contributed by atoms with E-state index in [0.29, 0.717) is 60.8 Å². The molecule has 2 saturated heterocycles. The number of likely N-dealkylation sites (tertiary alicyclic amines) is 1. The summed E-state index contributed by atoms with van der Waals surface area (Å²) < 4.78 is 17.7. The van der Waals surface area contributed by atoms with Gasteiger partial charge in [-0.1, -0.05) is 72.3 Å². The number of fused-ring (bicyclic) bond motifs is 2. The third-order valence-electron chi connectivity index (χ3n) is 13.7. The fraction of sp³-hybridized carbons (Fsp3) is 0.308. The Morgan fingerprint density at radius 2 is 0.921 bits per heavy atom. The summed E-state index contributed by atoms with van der Waals surface area (Å²) in [6, 6.07) is 39.4. The van der Waals surface area contributed by atoms with E-state index >= 15 is 0 Å². The van der Waals surface area contributed by atoms with Gasteiger partial charge in [0.2, 0.25) is 23.6 Å². The van der Waals surface area contributed by atoms with Gasteiger partial charge in [-0.25, -0.2) is 0 Å². The molecule has 4 fully saturated rings. The number of nitrogens with zero attached hydrogens (tertiary/aromatic N) is 2. The van der Waals surface area contributed by atoms with Gasteiger partial charge in [0.05, 0.1) is 41.2 Å². The maximum absolute atomic E-state index is 13.7. The van der Waals surface area contributed by atoms with Gasteiger partial charge in [0.25, 0.3) is 0 Å². The molecular formula is C52H48N2O9. The standard InChI is InChI=1S/C52H48N2O9/c1-31-9-19-38(20-10-31)61-39-25-17-37(18-26-39)54-48(57)43-28-12-33(30-45(43)49(54)58)51(60)63-41-23-15-36(16-24-41)52(2,34-7-5-4-6-8-34)35-13-21-40(22-14-35)62-50(59)32-11-27-42-44(29-32)47(56)53(3)46(42)55/h4-10,13-26,32-33,42-45H,11-12,27-30H2,1-3H3. The summed E-state index contributed by atoms with van der Waals surface area (Å²) in [6.45, 7) is 4.11. The van der Waals surface area contributed by atoms with Crippen LogP contribution in [-0.4, -0.2) is 47.5 Å². The Morgan fingerprint density at radius 1 is 0.508 bits per heavy atom. The van der Waals surface area contributed by atoms with Gasteiger partial charge in [0.15, 0.2) is 0 Å². The van der Waals surface area contributed by atoms with Crippen molar-refractivity contribution >= 4 is 41.3 Å². The van der Waals surface area contributed by atoms with Crippen LogP contribution in [0.25, 0.3) is 0 Å². The molecule has 0 radical (unpaired) electrons. The van der Waals surface area contributed by atoms with Crippen LogP contribution >= 0.6 is 0 Å². The fourth-order valence-corrected chi connectivity index (χ4v) is 10.00. The van der Waals surface area contributed by atoms with Gasteiger partial charge in [-0.2, -0.15) is 0 Å². The van der Waals surface area contributed by atoms with Crippen molar-refractivity contribution in [3.8, 4) is 23.0 Å². The Balaban J connectivity index is 0.844. The number of hydrogen-bond acceptors (Lipinski definition) is 9. The summed E-state index contributed by atoms with van der Waals surface area (Å²) >= 11 is 0. The van der Waals surface area contributed by atoms with E-state index < -0.39 is 46.9 Å². The summed E-state index contributed by atoms with van der Waals surface area (Å²) in [6.07, 6.45) is 2.36. The van der Waals surface area contributed by atoms with Gasteiger partial charge >= 0.3 is 11.9 Å². The van der Waals surface area contributed by atoms with Crippen molar-refractivity contribution in [3.05, 3.63) is 150 Å². The first-order chi connectivity index (χ1) is 30.4. The van der Waals surface area contributed by atoms with Crippen LogP contribution in [0.4, 0.5) is 5.69 Å². The summed E-state index contributed by atoms with van der Waals surface area (Å²) in [7, 11) is 1.50. The Morgan fingerprint density at radius 3 is 1.44 bits per heavy atom. The Hall–Kier alpha value is -6.88. The lowest BCUT2D eigenvalue weighted by Gasteiger charge is -2.32. The van der Waals surface area contributed by atoms with E-state index in [1.165, 1.54) is 16.8 Å². The number of aryl methyl sites for hydroxylation is 1. The topological polar surface area (TPSA) is 137 Å². The van der Waals surface area contributed by atoms with Gasteiger partial charge in [0, 0.05) is 12.5 Å². The molecule has 2 saturated carbocycles. The molecule has 5 aromatic carbocycles. The number of benzene rings is 5. The average molecular weight is 845 g/mol. The van der Waals surface area contributed by atoms with Crippen LogP contribution in [0.3, 0.4) is 0 Å². The zero-order valence-corrected chi connectivity index (χ0v) is 35.4. The lowest BCUT2D eigenvalue weighted by atomic mass is 9.71. The second-order valence-corrected chi connectivity index (χ2v) is 17.5. The highest BCUT2D eigenvalue weighted by molar-refractivity contribution is 6.22. The van der Waals surface area contributed by atoms with Crippen molar-refractivity contribution in [2.24, 2.45) is 35.5 Å². The van der Waals surface area contributed by atoms with E-state index in [-0.39, 0.29) is 36.0 Å². The highest BCUT2D eigenvalue weighted by atomic mass is 16.5. The van der Waals surface area contributed by atoms with Gasteiger partial charge < -0.3 is 14.2 Å². The van der Waals surface area contributed by atoms with Crippen LogP contribution in [0.1, 0.15) is 67.7 Å². The largest absolute Gasteiger partial charge is 0.457 e. The number of ether oxygens (including phenoxy) is 3. The lowest BCUT2D eigenvalue weighted by Crippen LogP contribution is -2.33. The van der Waals surface area contributed by atoms with E-state index in [4.69, 9.17) is 14.2 Å². The van der Waals surface area contributed by atoms with Crippen molar-refractivity contribution in [2.75, 3.05) is 11.9 Å². The van der Waals surface area contributed by atoms with E-state index in [1.807, 2.05) is 85.8 Å². The lowest BCUT2D eigenvalue weighted by molar-refractivity contribution is -0.143. The minimum absolute atomic E-state index is 0.165. The quantitative estimate of drug-likeness (QED) is 0.0586. The van der Waals surface area contributed by atoms with E-state index in [0.717, 1.165) is 22.3 Å². The molecule has 63 heavy (non-hydrogen) atoms. The third-order valence-corrected chi connectivity index (χ3v) is 13.7. The van der Waals surface area contributed by atoms with Gasteiger partial charge in [-0.05, 0) is 130 Å². The molecule has 7 atom stereocenters. The number of esters is 2. The van der Waals surface area contributed by atoms with E-state index in [9.17, 15) is 28.8 Å². The van der Waals surface area contributed by atoms with Crippen molar-refractivity contribution in [2.45, 2.75) is 57.8 Å². The molecule has 4 amide bonds. The Kier molecular flexibility index (Phi) is 11.0. The maximum Gasteiger partial charge on any atom is 0.314 e. The average Bonchev–Trinajstić information content (AvgIpc) is 3.69. The smallest absolute Gasteiger partial charge is 0.314 e. The number of hydrogen-bond donors (Lipinski definition) is 0. The highest BCUT2D eigenvalue weighted by Gasteiger charge is 2.52. The second-order valence-electron chi connectivity index (χ2n) is 17.5. The molecule has 11 heteroatoms. The molecule has 4 aliphatic rings. The van der Waals surface area contributed by atoms with Gasteiger partial charge in [-0.15, -0.1) is 0 Å². The molecule has 0 bridgehead atoms. The van der Waals surface area contributed by atoms with Crippen molar-refractivity contribution in [1.82, 2.24) is 4.90 Å². The second kappa shape index (κ2) is 16.8. The molecule has 9 rings (SSSR count). The highest BCUT2D eigenvalue weighted by Crippen LogP contribution is 2.45. The number of rotatable bonds is 10. The SMILES string of the molecule is Cc1ccc(Oc2ccc(N3C(=O)C4CCC(C(=O)Oc5ccc(C(C)(c6ccccc6)c6ccc(OC(=O)C7CCC8C(=O)N(C)C(=O)C8C7)cc6)cc5)CC4C3=O)cc2)cc1. The zero-order valence-electron chi connectivity index (χ0n) is 35.4. The number of amides is 4. The Labute approximate surface area is 365 Å². The summed E-state index contributed by atoms with van der Waals surface area (Å²) in [5.74, 6) is -2.68. The van der Waals surface area contributed by atoms with Crippen LogP contribution in [0.2, 0.25) is 0 Å². The van der Waals surface area contributed by atoms with Crippen LogP contribution in [0, 0.1) is 42.4 Å². The van der Waals surface area contributed by atoms with Crippen molar-refractivity contribution < 1.29 is 43.0 Å². The predicted octanol–water partition coefficient (Wildman–Crippen LogP) is 8.59. The zero-order chi connectivity index (χ0) is 44.0. The van der Waals surface area contributed by atoms with Crippen LogP contribution in [0.15, 0.2) is 127 Å². The van der Waals surface area contributed by atoms with Crippen LogP contribution < -0.4 is 19.1 Å². The van der Waals surface area contributed by atoms with Crippen LogP contribution in [-0.2, 0) is 34.2 Å². The molecular weight excluding hydrogens is 797 g/mol. The number of carbonyl (C=O) groups is 6.